The molecule has 0 saturated heterocycles. The van der Waals surface area contributed by atoms with E-state index in [1.165, 1.54) is 66.5 Å². The average molecular weight is 466 g/mol. The van der Waals surface area contributed by atoms with Crippen molar-refractivity contribution in [2.75, 3.05) is 6.16 Å². The minimum absolute atomic E-state index is 1.22. The number of benzene rings is 4. The smallest absolute Gasteiger partial charge is 0.108 e. The molecular formula is C32H40BP. The Kier molecular flexibility index (Phi) is 11.2. The molecule has 0 spiro atoms. The van der Waals surface area contributed by atoms with E-state index in [0.717, 1.165) is 0 Å². The van der Waals surface area contributed by atoms with Gasteiger partial charge in [0.25, 0.3) is 0 Å². The van der Waals surface area contributed by atoms with E-state index in [9.17, 15) is 0 Å². The van der Waals surface area contributed by atoms with Gasteiger partial charge in [0.1, 0.15) is 6.15 Å². The predicted octanol–water partition coefficient (Wildman–Crippen LogP) is 6.02. The van der Waals surface area contributed by atoms with Gasteiger partial charge in [-0.3, -0.25) is 0 Å². The van der Waals surface area contributed by atoms with Crippen LogP contribution < -0.4 is 21.9 Å². The fourth-order valence-electron chi connectivity index (χ4n) is 5.08. The maximum absolute atomic E-state index is 2.27. The molecule has 176 valence electrons. The molecule has 1 atom stereocenters. The Bertz CT molecular complexity index is 864. The standard InChI is InChI=1S/C24H20B.C8H19P/c1-5-13-21(14-6-1)25(22-15-7-2-8-16-22,23-17-9-3-10-18-23)24-19-11-4-12-20-24;1-2-3-4-5-6-7-8-9/h1-20H;2-9H2,1H3/q-1;/p+1. The summed E-state index contributed by atoms with van der Waals surface area (Å²) in [6.45, 7) is 2.27. The Morgan fingerprint density at radius 3 is 1.03 bits per heavy atom. The fraction of sp³-hybridized carbons (Fsp3) is 0.250. The third-order valence-corrected chi connectivity index (χ3v) is 7.30. The molecule has 4 aromatic rings. The van der Waals surface area contributed by atoms with E-state index in [1.54, 1.807) is 0 Å². The van der Waals surface area contributed by atoms with Gasteiger partial charge in [0.15, 0.2) is 0 Å². The van der Waals surface area contributed by atoms with E-state index in [0.29, 0.717) is 0 Å². The van der Waals surface area contributed by atoms with E-state index in [-0.39, 0.29) is 0 Å². The zero-order chi connectivity index (χ0) is 23.9. The molecule has 0 aliphatic heterocycles. The highest BCUT2D eigenvalue weighted by molar-refractivity contribution is 7.19. The molecule has 0 fully saturated rings. The summed E-state index contributed by atoms with van der Waals surface area (Å²) in [5.74, 6) is 0. The maximum atomic E-state index is 2.27. The van der Waals surface area contributed by atoms with E-state index < -0.39 is 6.15 Å². The molecule has 34 heavy (non-hydrogen) atoms. The van der Waals surface area contributed by atoms with Gasteiger partial charge in [0.05, 0.1) is 6.16 Å². The van der Waals surface area contributed by atoms with Gasteiger partial charge < -0.3 is 0 Å². The summed E-state index contributed by atoms with van der Waals surface area (Å²) in [5.41, 5.74) is 5.36. The molecule has 4 rings (SSSR count). The first-order valence-corrected chi connectivity index (χ1v) is 14.0. The summed E-state index contributed by atoms with van der Waals surface area (Å²) in [4.78, 5) is 0. The summed E-state index contributed by atoms with van der Waals surface area (Å²) in [7, 11) is 2.09. The number of unbranched alkanes of at least 4 members (excludes halogenated alkanes) is 5. The molecule has 0 saturated carbocycles. The first-order valence-electron chi connectivity index (χ1n) is 13.0. The molecule has 0 bridgehead atoms. The average Bonchev–Trinajstić information content (AvgIpc) is 2.92. The molecule has 0 nitrogen and oxygen atoms in total. The van der Waals surface area contributed by atoms with Crippen LogP contribution in [0.4, 0.5) is 0 Å². The molecule has 2 heteroatoms. The van der Waals surface area contributed by atoms with Crippen molar-refractivity contribution in [2.24, 2.45) is 0 Å². The van der Waals surface area contributed by atoms with Crippen LogP contribution in [0.2, 0.25) is 0 Å². The highest BCUT2D eigenvalue weighted by Crippen LogP contribution is 2.09. The Balaban J connectivity index is 0.000000309. The summed E-state index contributed by atoms with van der Waals surface area (Å²) in [6, 6.07) is 43.5. The van der Waals surface area contributed by atoms with Crippen LogP contribution in [0, 0.1) is 0 Å². The van der Waals surface area contributed by atoms with Crippen molar-refractivity contribution in [3.05, 3.63) is 121 Å². The lowest BCUT2D eigenvalue weighted by Crippen LogP contribution is -2.74. The minimum Gasteiger partial charge on any atom is -0.195 e. The molecular weight excluding hydrogens is 426 g/mol. The van der Waals surface area contributed by atoms with Gasteiger partial charge in [-0.1, -0.05) is 154 Å². The third-order valence-electron chi connectivity index (χ3n) is 6.80. The lowest BCUT2D eigenvalue weighted by molar-refractivity contribution is 0.627. The topological polar surface area (TPSA) is 0 Å². The quantitative estimate of drug-likeness (QED) is 0.152. The number of hydrogen-bond acceptors (Lipinski definition) is 0. The predicted molar refractivity (Wildman–Crippen MR) is 159 cm³/mol. The summed E-state index contributed by atoms with van der Waals surface area (Å²) in [5, 5.41) is 0. The molecule has 0 amide bonds. The van der Waals surface area contributed by atoms with Crippen LogP contribution in [-0.4, -0.2) is 12.3 Å². The maximum Gasteiger partial charge on any atom is 0.108 e. The van der Waals surface area contributed by atoms with Crippen molar-refractivity contribution in [1.82, 2.24) is 0 Å². The van der Waals surface area contributed by atoms with Crippen molar-refractivity contribution in [1.29, 1.82) is 0 Å². The van der Waals surface area contributed by atoms with Crippen molar-refractivity contribution in [3.8, 4) is 0 Å². The molecule has 0 heterocycles. The molecule has 0 N–H and O–H groups in total. The Morgan fingerprint density at radius 2 is 0.735 bits per heavy atom. The zero-order valence-corrected chi connectivity index (χ0v) is 22.2. The van der Waals surface area contributed by atoms with E-state index in [1.807, 2.05) is 0 Å². The summed E-state index contributed by atoms with van der Waals surface area (Å²) >= 11 is 0. The van der Waals surface area contributed by atoms with Crippen molar-refractivity contribution in [3.63, 3.8) is 0 Å². The van der Waals surface area contributed by atoms with E-state index in [2.05, 4.69) is 137 Å². The molecule has 0 radical (unpaired) electrons. The van der Waals surface area contributed by atoms with Gasteiger partial charge in [0.2, 0.25) is 0 Å². The van der Waals surface area contributed by atoms with Gasteiger partial charge in [-0.15, -0.1) is 0 Å². The molecule has 0 aromatic heterocycles. The SMILES string of the molecule is CCCCCCCC[PH3+].c1ccc([B-](c2ccccc2)(c2ccccc2)c2ccccc2)cc1. The van der Waals surface area contributed by atoms with Gasteiger partial charge in [-0.25, -0.2) is 0 Å². The molecule has 4 aromatic carbocycles. The second kappa shape index (κ2) is 14.6. The normalized spacial score (nSPS) is 11.0. The van der Waals surface area contributed by atoms with E-state index >= 15 is 0 Å². The van der Waals surface area contributed by atoms with Gasteiger partial charge in [-0.2, -0.15) is 21.9 Å². The molecule has 0 aliphatic rings. The van der Waals surface area contributed by atoms with Crippen LogP contribution in [0.3, 0.4) is 0 Å². The zero-order valence-electron chi connectivity index (χ0n) is 20.8. The van der Waals surface area contributed by atoms with Crippen LogP contribution in [0.1, 0.15) is 45.4 Å². The molecule has 0 aliphatic carbocycles. The summed E-state index contributed by atoms with van der Waals surface area (Å²) in [6.07, 6.45) is 8.82. The third kappa shape index (κ3) is 6.71. The first kappa shape index (κ1) is 26.0. The van der Waals surface area contributed by atoms with Gasteiger partial charge in [0, 0.05) is 0 Å². The lowest BCUT2D eigenvalue weighted by atomic mass is 9.13. The van der Waals surface area contributed by atoms with Crippen molar-refractivity contribution >= 4 is 37.2 Å². The second-order valence-electron chi connectivity index (χ2n) is 9.13. The largest absolute Gasteiger partial charge is 0.195 e. The Morgan fingerprint density at radius 1 is 0.441 bits per heavy atom. The van der Waals surface area contributed by atoms with Crippen LogP contribution in [0.15, 0.2) is 121 Å². The number of hydrogen-bond donors (Lipinski definition) is 0. The fourth-order valence-corrected chi connectivity index (χ4v) is 5.43. The monoisotopic (exact) mass is 466 g/mol. The molecule has 1 unspecified atom stereocenters. The minimum atomic E-state index is -1.22. The van der Waals surface area contributed by atoms with Crippen LogP contribution in [-0.2, 0) is 0 Å². The first-order chi connectivity index (χ1) is 16.8. The van der Waals surface area contributed by atoms with E-state index in [4.69, 9.17) is 0 Å². The second-order valence-corrected chi connectivity index (χ2v) is 9.84. The highest BCUT2D eigenvalue weighted by Gasteiger charge is 2.30. The highest BCUT2D eigenvalue weighted by atomic mass is 31.0. The number of rotatable bonds is 10. The van der Waals surface area contributed by atoms with Gasteiger partial charge in [-0.05, 0) is 22.1 Å². The van der Waals surface area contributed by atoms with Crippen LogP contribution in [0.25, 0.3) is 0 Å². The van der Waals surface area contributed by atoms with Crippen LogP contribution >= 0.6 is 9.24 Å². The van der Waals surface area contributed by atoms with Gasteiger partial charge >= 0.3 is 0 Å². The van der Waals surface area contributed by atoms with Crippen LogP contribution in [0.5, 0.6) is 0 Å². The Hall–Kier alpha value is -2.63. The lowest BCUT2D eigenvalue weighted by Gasteiger charge is -2.44. The van der Waals surface area contributed by atoms with Crippen molar-refractivity contribution < 1.29 is 0 Å². The summed E-state index contributed by atoms with van der Waals surface area (Å²) < 4.78 is 0. The van der Waals surface area contributed by atoms with Crippen molar-refractivity contribution in [2.45, 2.75) is 45.4 Å². The Labute approximate surface area is 210 Å².